The second kappa shape index (κ2) is 5.81. The van der Waals surface area contributed by atoms with Crippen molar-refractivity contribution in [3.63, 3.8) is 0 Å². The van der Waals surface area contributed by atoms with Gasteiger partial charge in [-0.1, -0.05) is 15.9 Å². The smallest absolute Gasteiger partial charge is 0.124 e. The van der Waals surface area contributed by atoms with Crippen LogP contribution in [0.5, 0.6) is 0 Å². The van der Waals surface area contributed by atoms with E-state index in [1.807, 2.05) is 30.8 Å². The highest BCUT2D eigenvalue weighted by Gasteiger charge is 2.15. The predicted octanol–water partition coefficient (Wildman–Crippen LogP) is 2.38. The average Bonchev–Trinajstić information content (AvgIpc) is 2.63. The molecular formula is C13H16BrFN4. The highest BCUT2D eigenvalue weighted by molar-refractivity contribution is 9.10. The van der Waals surface area contributed by atoms with Crippen LogP contribution in [-0.2, 0) is 13.5 Å². The van der Waals surface area contributed by atoms with Crippen LogP contribution < -0.4 is 11.3 Å². The first-order valence-corrected chi connectivity index (χ1v) is 6.70. The molecule has 3 N–H and O–H groups in total. The number of benzene rings is 1. The molecule has 0 aliphatic rings. The molecule has 0 radical (unpaired) electrons. The lowest BCUT2D eigenvalue weighted by Crippen LogP contribution is -2.30. The maximum Gasteiger partial charge on any atom is 0.124 e. The third kappa shape index (κ3) is 3.40. The van der Waals surface area contributed by atoms with Crippen LogP contribution in [0.25, 0.3) is 0 Å². The van der Waals surface area contributed by atoms with Gasteiger partial charge in [-0.15, -0.1) is 0 Å². The lowest BCUT2D eigenvalue weighted by atomic mass is 10.0. The number of nitrogens with two attached hydrogens (primary N) is 1. The molecule has 0 aliphatic heterocycles. The van der Waals surface area contributed by atoms with Gasteiger partial charge in [0, 0.05) is 23.6 Å². The summed E-state index contributed by atoms with van der Waals surface area (Å²) < 4.78 is 15.9. The number of hydrogen-bond acceptors (Lipinski definition) is 3. The van der Waals surface area contributed by atoms with Crippen LogP contribution in [0.2, 0.25) is 0 Å². The zero-order chi connectivity index (χ0) is 14.0. The van der Waals surface area contributed by atoms with Gasteiger partial charge in [0.15, 0.2) is 0 Å². The second-order valence-corrected chi connectivity index (χ2v) is 5.44. The van der Waals surface area contributed by atoms with E-state index < -0.39 is 0 Å². The SMILES string of the molecule is Cc1cc(CC(NN)c2cc(F)cc(Br)c2)n(C)n1. The fourth-order valence-corrected chi connectivity index (χ4v) is 2.60. The van der Waals surface area contributed by atoms with E-state index in [4.69, 9.17) is 5.84 Å². The van der Waals surface area contributed by atoms with E-state index in [-0.39, 0.29) is 11.9 Å². The summed E-state index contributed by atoms with van der Waals surface area (Å²) in [5.41, 5.74) is 5.52. The normalized spacial score (nSPS) is 12.7. The Morgan fingerprint density at radius 1 is 1.42 bits per heavy atom. The maximum atomic E-state index is 13.4. The summed E-state index contributed by atoms with van der Waals surface area (Å²) in [5.74, 6) is 5.31. The Kier molecular flexibility index (Phi) is 4.34. The molecule has 0 bridgehead atoms. The maximum absolute atomic E-state index is 13.4. The summed E-state index contributed by atoms with van der Waals surface area (Å²) in [6.45, 7) is 1.94. The number of hydrogen-bond donors (Lipinski definition) is 2. The topological polar surface area (TPSA) is 55.9 Å². The first-order valence-electron chi connectivity index (χ1n) is 5.91. The van der Waals surface area contributed by atoms with E-state index in [1.165, 1.54) is 12.1 Å². The number of rotatable bonds is 4. The average molecular weight is 327 g/mol. The Hall–Kier alpha value is -1.24. The minimum atomic E-state index is -0.286. The second-order valence-electron chi connectivity index (χ2n) is 4.53. The Bertz CT molecular complexity index is 562. The van der Waals surface area contributed by atoms with E-state index in [9.17, 15) is 4.39 Å². The van der Waals surface area contributed by atoms with Crippen LogP contribution in [0.3, 0.4) is 0 Å². The van der Waals surface area contributed by atoms with Crippen LogP contribution in [0.4, 0.5) is 4.39 Å². The molecule has 19 heavy (non-hydrogen) atoms. The molecular weight excluding hydrogens is 311 g/mol. The van der Waals surface area contributed by atoms with E-state index in [2.05, 4.69) is 26.5 Å². The van der Waals surface area contributed by atoms with Crippen LogP contribution in [0, 0.1) is 12.7 Å². The van der Waals surface area contributed by atoms with Crippen LogP contribution in [0.15, 0.2) is 28.7 Å². The number of aryl methyl sites for hydroxylation is 2. The van der Waals surface area contributed by atoms with Gasteiger partial charge in [-0.25, -0.2) is 4.39 Å². The van der Waals surface area contributed by atoms with Gasteiger partial charge >= 0.3 is 0 Å². The molecule has 4 nitrogen and oxygen atoms in total. The Labute approximate surface area is 119 Å². The number of nitrogens with one attached hydrogen (secondary N) is 1. The van der Waals surface area contributed by atoms with Crippen molar-refractivity contribution in [2.75, 3.05) is 0 Å². The lowest BCUT2D eigenvalue weighted by Gasteiger charge is -2.17. The molecule has 0 amide bonds. The van der Waals surface area contributed by atoms with E-state index in [0.717, 1.165) is 17.0 Å². The molecule has 0 fully saturated rings. The summed E-state index contributed by atoms with van der Waals surface area (Å²) in [6.07, 6.45) is 0.643. The Morgan fingerprint density at radius 2 is 2.16 bits per heavy atom. The van der Waals surface area contributed by atoms with Gasteiger partial charge in [0.25, 0.3) is 0 Å². The molecule has 2 rings (SSSR count). The molecule has 1 heterocycles. The molecule has 0 aliphatic carbocycles. The van der Waals surface area contributed by atoms with Crippen molar-refractivity contribution in [1.29, 1.82) is 0 Å². The third-order valence-electron chi connectivity index (χ3n) is 3.00. The Morgan fingerprint density at radius 3 is 2.68 bits per heavy atom. The molecule has 102 valence electrons. The summed E-state index contributed by atoms with van der Waals surface area (Å²) in [5, 5.41) is 4.29. The molecule has 1 aromatic carbocycles. The van der Waals surface area contributed by atoms with Crippen molar-refractivity contribution in [1.82, 2.24) is 15.2 Å². The minimum absolute atomic E-state index is 0.165. The van der Waals surface area contributed by atoms with Crippen molar-refractivity contribution >= 4 is 15.9 Å². The quantitative estimate of drug-likeness (QED) is 0.670. The van der Waals surface area contributed by atoms with Crippen molar-refractivity contribution in [2.24, 2.45) is 12.9 Å². The molecule has 0 saturated heterocycles. The minimum Gasteiger partial charge on any atom is -0.272 e. The molecule has 0 spiro atoms. The van der Waals surface area contributed by atoms with Crippen molar-refractivity contribution in [3.8, 4) is 0 Å². The van der Waals surface area contributed by atoms with Crippen molar-refractivity contribution in [2.45, 2.75) is 19.4 Å². The molecule has 1 unspecified atom stereocenters. The summed E-state index contributed by atoms with van der Waals surface area (Å²) in [6, 6.07) is 6.60. The van der Waals surface area contributed by atoms with Crippen LogP contribution in [0.1, 0.15) is 23.0 Å². The number of hydrazine groups is 1. The number of halogens is 2. The monoisotopic (exact) mass is 326 g/mol. The first-order chi connectivity index (χ1) is 8.99. The summed E-state index contributed by atoms with van der Waals surface area (Å²) in [4.78, 5) is 0. The van der Waals surface area contributed by atoms with Crippen LogP contribution >= 0.6 is 15.9 Å². The first kappa shape index (κ1) is 14.2. The van der Waals surface area contributed by atoms with Crippen molar-refractivity contribution < 1.29 is 4.39 Å². The fraction of sp³-hybridized carbons (Fsp3) is 0.308. The molecule has 6 heteroatoms. The highest BCUT2D eigenvalue weighted by Crippen LogP contribution is 2.23. The predicted molar refractivity (Wildman–Crippen MR) is 75.8 cm³/mol. The van der Waals surface area contributed by atoms with Crippen molar-refractivity contribution in [3.05, 3.63) is 51.5 Å². The fourth-order valence-electron chi connectivity index (χ4n) is 2.11. The van der Waals surface area contributed by atoms with E-state index in [1.54, 1.807) is 0 Å². The van der Waals surface area contributed by atoms with Gasteiger partial charge in [0.1, 0.15) is 5.82 Å². The zero-order valence-corrected chi connectivity index (χ0v) is 12.4. The standard InChI is InChI=1S/C13H16BrFN4/c1-8-3-12(19(2)18-8)7-13(17-16)9-4-10(14)6-11(15)5-9/h3-6,13,17H,7,16H2,1-2H3. The van der Waals surface area contributed by atoms with Gasteiger partial charge in [0.05, 0.1) is 11.7 Å². The number of nitrogens with zero attached hydrogens (tertiary/aromatic N) is 2. The van der Waals surface area contributed by atoms with E-state index in [0.29, 0.717) is 10.9 Å². The lowest BCUT2D eigenvalue weighted by molar-refractivity contribution is 0.524. The summed E-state index contributed by atoms with van der Waals surface area (Å²) in [7, 11) is 1.89. The molecule has 1 atom stereocenters. The third-order valence-corrected chi connectivity index (χ3v) is 3.46. The largest absolute Gasteiger partial charge is 0.272 e. The molecule has 2 aromatic rings. The molecule has 1 aromatic heterocycles. The van der Waals surface area contributed by atoms with Crippen LogP contribution in [-0.4, -0.2) is 9.78 Å². The number of aromatic nitrogens is 2. The van der Waals surface area contributed by atoms with Gasteiger partial charge in [-0.05, 0) is 36.8 Å². The van der Waals surface area contributed by atoms with Gasteiger partial charge in [-0.2, -0.15) is 5.10 Å². The molecule has 0 saturated carbocycles. The summed E-state index contributed by atoms with van der Waals surface area (Å²) >= 11 is 3.29. The zero-order valence-electron chi connectivity index (χ0n) is 10.8. The van der Waals surface area contributed by atoms with E-state index >= 15 is 0 Å². The highest BCUT2D eigenvalue weighted by atomic mass is 79.9. The Balaban J connectivity index is 2.27. The van der Waals surface area contributed by atoms with Gasteiger partial charge < -0.3 is 0 Å². The van der Waals surface area contributed by atoms with Gasteiger partial charge in [-0.3, -0.25) is 16.0 Å². The van der Waals surface area contributed by atoms with Gasteiger partial charge in [0.2, 0.25) is 0 Å².